The van der Waals surface area contributed by atoms with Gasteiger partial charge in [-0.25, -0.2) is 4.79 Å². The van der Waals surface area contributed by atoms with Gasteiger partial charge in [-0.3, -0.25) is 0 Å². The van der Waals surface area contributed by atoms with Gasteiger partial charge in [-0.2, -0.15) is 0 Å². The van der Waals surface area contributed by atoms with Crippen molar-refractivity contribution in [3.63, 3.8) is 0 Å². The number of benzene rings is 1. The van der Waals surface area contributed by atoms with Crippen LogP contribution in [0, 0.1) is 0 Å². The number of carbonyl (C=O) groups excluding carboxylic acids is 1. The predicted molar refractivity (Wildman–Crippen MR) is 65.4 cm³/mol. The third kappa shape index (κ3) is 2.54. The third-order valence-corrected chi connectivity index (χ3v) is 2.75. The largest absolute Gasteiger partial charge is 0.456 e. The molecule has 17 heavy (non-hydrogen) atoms. The van der Waals surface area contributed by atoms with Crippen LogP contribution < -0.4 is 9.47 Å². The van der Waals surface area contributed by atoms with Crippen LogP contribution in [0.15, 0.2) is 16.6 Å². The number of esters is 1. The van der Waals surface area contributed by atoms with Gasteiger partial charge in [0.2, 0.25) is 6.79 Å². The van der Waals surface area contributed by atoms with Gasteiger partial charge in [0, 0.05) is 4.47 Å². The Kier molecular flexibility index (Phi) is 3.03. The van der Waals surface area contributed by atoms with Crippen molar-refractivity contribution in [3.05, 3.63) is 22.2 Å². The second-order valence-electron chi connectivity index (χ2n) is 4.66. The smallest absolute Gasteiger partial charge is 0.343 e. The minimum Gasteiger partial charge on any atom is -0.456 e. The molecule has 0 radical (unpaired) electrons. The minimum atomic E-state index is -0.543. The molecule has 0 fully saturated rings. The van der Waals surface area contributed by atoms with Crippen molar-refractivity contribution in [2.24, 2.45) is 0 Å². The van der Waals surface area contributed by atoms with Crippen LogP contribution in [0.3, 0.4) is 0 Å². The maximum atomic E-state index is 12.1. The van der Waals surface area contributed by atoms with Crippen molar-refractivity contribution in [1.29, 1.82) is 0 Å². The molecule has 5 heteroatoms. The average molecular weight is 301 g/mol. The van der Waals surface area contributed by atoms with E-state index in [1.54, 1.807) is 12.1 Å². The number of hydrogen-bond donors (Lipinski definition) is 0. The Labute approximate surface area is 108 Å². The summed E-state index contributed by atoms with van der Waals surface area (Å²) < 4.78 is 16.5. The summed E-state index contributed by atoms with van der Waals surface area (Å²) in [5.74, 6) is 0.578. The molecular formula is C12H13BrO4. The number of hydrogen-bond acceptors (Lipinski definition) is 4. The lowest BCUT2D eigenvalue weighted by atomic mass is 10.1. The van der Waals surface area contributed by atoms with E-state index in [9.17, 15) is 4.79 Å². The first-order valence-corrected chi connectivity index (χ1v) is 5.99. The number of carbonyl (C=O) groups is 1. The summed E-state index contributed by atoms with van der Waals surface area (Å²) in [4.78, 5) is 12.1. The van der Waals surface area contributed by atoms with Crippen LogP contribution >= 0.6 is 15.9 Å². The SMILES string of the molecule is CC(C)(C)OC(=O)c1c(Br)ccc2c1OCO2. The number of fused-ring (bicyclic) bond motifs is 1. The van der Waals surface area contributed by atoms with Crippen molar-refractivity contribution in [3.8, 4) is 11.5 Å². The molecule has 0 atom stereocenters. The highest BCUT2D eigenvalue weighted by molar-refractivity contribution is 9.10. The molecule has 1 aliphatic heterocycles. The van der Waals surface area contributed by atoms with Crippen molar-refractivity contribution < 1.29 is 19.0 Å². The Morgan fingerprint density at radius 2 is 2.06 bits per heavy atom. The summed E-state index contributed by atoms with van der Waals surface area (Å²) in [5.41, 5.74) is -0.173. The number of rotatable bonds is 1. The highest BCUT2D eigenvalue weighted by atomic mass is 79.9. The first-order chi connectivity index (χ1) is 7.88. The maximum absolute atomic E-state index is 12.1. The highest BCUT2D eigenvalue weighted by Gasteiger charge is 2.28. The van der Waals surface area contributed by atoms with E-state index in [-0.39, 0.29) is 6.79 Å². The lowest BCUT2D eigenvalue weighted by molar-refractivity contribution is 0.00651. The van der Waals surface area contributed by atoms with Crippen LogP contribution in [0.4, 0.5) is 0 Å². The molecule has 1 heterocycles. The maximum Gasteiger partial charge on any atom is 0.343 e. The monoisotopic (exact) mass is 300 g/mol. The minimum absolute atomic E-state index is 0.127. The molecule has 1 aromatic carbocycles. The Morgan fingerprint density at radius 1 is 1.35 bits per heavy atom. The van der Waals surface area contributed by atoms with Crippen LogP contribution in [0.2, 0.25) is 0 Å². The molecule has 0 aromatic heterocycles. The summed E-state index contributed by atoms with van der Waals surface area (Å²) in [6.07, 6.45) is 0. The Morgan fingerprint density at radius 3 is 2.71 bits per heavy atom. The lowest BCUT2D eigenvalue weighted by Crippen LogP contribution is -2.24. The van der Waals surface area contributed by atoms with Crippen molar-refractivity contribution in [2.75, 3.05) is 6.79 Å². The zero-order valence-electron chi connectivity index (χ0n) is 9.87. The van der Waals surface area contributed by atoms with Crippen molar-refractivity contribution in [2.45, 2.75) is 26.4 Å². The zero-order valence-corrected chi connectivity index (χ0v) is 11.5. The molecule has 0 saturated heterocycles. The molecule has 0 spiro atoms. The Bertz CT molecular complexity index is 462. The molecule has 1 aromatic rings. The number of halogens is 1. The summed E-state index contributed by atoms with van der Waals surface area (Å²) in [5, 5.41) is 0. The van der Waals surface area contributed by atoms with E-state index in [2.05, 4.69) is 15.9 Å². The van der Waals surface area contributed by atoms with E-state index in [4.69, 9.17) is 14.2 Å². The van der Waals surface area contributed by atoms with Gasteiger partial charge in [0.05, 0.1) is 0 Å². The topological polar surface area (TPSA) is 44.8 Å². The fraction of sp³-hybridized carbons (Fsp3) is 0.417. The third-order valence-electron chi connectivity index (χ3n) is 2.09. The molecule has 0 bridgehead atoms. The van der Waals surface area contributed by atoms with Crippen LogP contribution in [-0.2, 0) is 4.74 Å². The van der Waals surface area contributed by atoms with E-state index in [0.717, 1.165) is 0 Å². The standard InChI is InChI=1S/C12H13BrO4/c1-12(2,3)17-11(14)9-7(13)4-5-8-10(9)16-6-15-8/h4-5H,6H2,1-3H3. The van der Waals surface area contributed by atoms with Crippen molar-refractivity contribution >= 4 is 21.9 Å². The fourth-order valence-electron chi connectivity index (χ4n) is 1.47. The van der Waals surface area contributed by atoms with Gasteiger partial charge >= 0.3 is 5.97 Å². The summed E-state index contributed by atoms with van der Waals surface area (Å²) in [6, 6.07) is 3.49. The van der Waals surface area contributed by atoms with Gasteiger partial charge in [0.15, 0.2) is 11.5 Å². The van der Waals surface area contributed by atoms with Gasteiger partial charge in [-0.05, 0) is 48.8 Å². The van der Waals surface area contributed by atoms with Crippen LogP contribution in [0.25, 0.3) is 0 Å². The summed E-state index contributed by atoms with van der Waals surface area (Å²) in [6.45, 7) is 5.58. The Balaban J connectivity index is 2.38. The molecular weight excluding hydrogens is 288 g/mol. The zero-order chi connectivity index (χ0) is 12.6. The van der Waals surface area contributed by atoms with Gasteiger partial charge in [-0.1, -0.05) is 0 Å². The average Bonchev–Trinajstić information content (AvgIpc) is 2.61. The van der Waals surface area contributed by atoms with Gasteiger partial charge in [-0.15, -0.1) is 0 Å². The summed E-state index contributed by atoms with van der Waals surface area (Å²) >= 11 is 3.32. The van der Waals surface area contributed by atoms with Crippen molar-refractivity contribution in [1.82, 2.24) is 0 Å². The number of ether oxygens (including phenoxy) is 3. The molecule has 1 aliphatic rings. The molecule has 0 saturated carbocycles. The van der Waals surface area contributed by atoms with Gasteiger partial charge < -0.3 is 14.2 Å². The van der Waals surface area contributed by atoms with E-state index < -0.39 is 11.6 Å². The van der Waals surface area contributed by atoms with Crippen LogP contribution in [0.5, 0.6) is 11.5 Å². The first kappa shape index (κ1) is 12.2. The molecule has 4 nitrogen and oxygen atoms in total. The van der Waals surface area contributed by atoms with Gasteiger partial charge in [0.25, 0.3) is 0 Å². The molecule has 0 unspecified atom stereocenters. The van der Waals surface area contributed by atoms with Crippen LogP contribution in [0.1, 0.15) is 31.1 Å². The molecule has 0 aliphatic carbocycles. The second-order valence-corrected chi connectivity index (χ2v) is 5.51. The Hall–Kier alpha value is -1.23. The van der Waals surface area contributed by atoms with E-state index in [1.165, 1.54) is 0 Å². The lowest BCUT2D eigenvalue weighted by Gasteiger charge is -2.20. The second kappa shape index (κ2) is 4.22. The predicted octanol–water partition coefficient (Wildman–Crippen LogP) is 3.13. The normalized spacial score (nSPS) is 13.6. The van der Waals surface area contributed by atoms with Crippen LogP contribution in [-0.4, -0.2) is 18.4 Å². The molecule has 92 valence electrons. The summed E-state index contributed by atoms with van der Waals surface area (Å²) in [7, 11) is 0. The highest BCUT2D eigenvalue weighted by Crippen LogP contribution is 2.40. The quantitative estimate of drug-likeness (QED) is 0.748. The first-order valence-electron chi connectivity index (χ1n) is 5.20. The molecule has 0 N–H and O–H groups in total. The fourth-order valence-corrected chi connectivity index (χ4v) is 1.94. The van der Waals surface area contributed by atoms with E-state index in [1.807, 2.05) is 20.8 Å². The van der Waals surface area contributed by atoms with E-state index in [0.29, 0.717) is 21.5 Å². The molecule has 2 rings (SSSR count). The molecule has 0 amide bonds. The van der Waals surface area contributed by atoms with E-state index >= 15 is 0 Å². The van der Waals surface area contributed by atoms with Gasteiger partial charge in [0.1, 0.15) is 11.2 Å².